The van der Waals surface area contributed by atoms with Crippen molar-refractivity contribution in [2.75, 3.05) is 5.73 Å². The molecule has 3 N–H and O–H groups in total. The largest absolute Gasteiger partial charge is 0.508 e. The van der Waals surface area contributed by atoms with Crippen molar-refractivity contribution in [3.8, 4) is 5.75 Å². The molecular formula is C16H19N3O. The minimum absolute atomic E-state index is 0.220. The highest BCUT2D eigenvalue weighted by molar-refractivity contribution is 5.61. The highest BCUT2D eigenvalue weighted by atomic mass is 16.3. The third kappa shape index (κ3) is 3.15. The molecule has 4 nitrogen and oxygen atoms in total. The predicted octanol–water partition coefficient (Wildman–Crippen LogP) is 4.51. The van der Waals surface area contributed by atoms with Crippen LogP contribution in [0.25, 0.3) is 0 Å². The van der Waals surface area contributed by atoms with Crippen molar-refractivity contribution < 1.29 is 5.11 Å². The maximum absolute atomic E-state index is 9.22. The van der Waals surface area contributed by atoms with E-state index in [0.717, 1.165) is 35.3 Å². The van der Waals surface area contributed by atoms with Crippen LogP contribution in [0.1, 0.15) is 25.0 Å². The topological polar surface area (TPSA) is 71.0 Å². The van der Waals surface area contributed by atoms with E-state index < -0.39 is 0 Å². The fraction of sp³-hybridized carbons (Fsp3) is 0.250. The Morgan fingerprint density at radius 3 is 1.90 bits per heavy atom. The Kier molecular flexibility index (Phi) is 4.35. The van der Waals surface area contributed by atoms with E-state index in [4.69, 9.17) is 5.73 Å². The number of rotatable bonds is 4. The Hall–Kier alpha value is -2.36. The number of azo groups is 1. The average Bonchev–Trinajstić information content (AvgIpc) is 2.47. The van der Waals surface area contributed by atoms with E-state index in [2.05, 4.69) is 24.1 Å². The maximum Gasteiger partial charge on any atom is 0.115 e. The van der Waals surface area contributed by atoms with Crippen molar-refractivity contribution in [3.05, 3.63) is 47.5 Å². The number of hydrogen-bond donors (Lipinski definition) is 2. The number of nitrogens with two attached hydrogens (primary N) is 1. The van der Waals surface area contributed by atoms with Crippen LogP contribution in [0.4, 0.5) is 17.1 Å². The summed E-state index contributed by atoms with van der Waals surface area (Å²) in [4.78, 5) is 0. The fourth-order valence-corrected chi connectivity index (χ4v) is 2.04. The number of anilines is 1. The number of phenolic OH excluding ortho intramolecular Hbond substituents is 1. The summed E-state index contributed by atoms with van der Waals surface area (Å²) in [5, 5.41) is 17.6. The van der Waals surface area contributed by atoms with Gasteiger partial charge in [0.05, 0.1) is 11.4 Å². The third-order valence-electron chi connectivity index (χ3n) is 3.23. The van der Waals surface area contributed by atoms with Crippen LogP contribution in [-0.4, -0.2) is 5.11 Å². The Morgan fingerprint density at radius 2 is 1.40 bits per heavy atom. The minimum atomic E-state index is 0.220. The summed E-state index contributed by atoms with van der Waals surface area (Å²) < 4.78 is 0. The molecule has 0 amide bonds. The van der Waals surface area contributed by atoms with E-state index in [1.807, 2.05) is 12.1 Å². The summed E-state index contributed by atoms with van der Waals surface area (Å²) in [5.41, 5.74) is 10.7. The van der Waals surface area contributed by atoms with Crippen LogP contribution >= 0.6 is 0 Å². The molecule has 4 heteroatoms. The molecule has 0 saturated carbocycles. The van der Waals surface area contributed by atoms with Gasteiger partial charge in [0, 0.05) is 5.69 Å². The molecule has 20 heavy (non-hydrogen) atoms. The van der Waals surface area contributed by atoms with Gasteiger partial charge in [0.15, 0.2) is 0 Å². The van der Waals surface area contributed by atoms with E-state index in [0.29, 0.717) is 5.69 Å². The summed E-state index contributed by atoms with van der Waals surface area (Å²) in [5.74, 6) is 0.220. The highest BCUT2D eigenvalue weighted by Gasteiger charge is 2.05. The molecule has 2 aromatic carbocycles. The molecule has 0 atom stereocenters. The maximum atomic E-state index is 9.22. The van der Waals surface area contributed by atoms with Gasteiger partial charge in [-0.1, -0.05) is 13.8 Å². The lowest BCUT2D eigenvalue weighted by atomic mass is 10.0. The van der Waals surface area contributed by atoms with E-state index in [1.165, 1.54) is 0 Å². The second-order valence-electron chi connectivity index (χ2n) is 4.60. The Morgan fingerprint density at radius 1 is 0.900 bits per heavy atom. The number of nitrogens with zero attached hydrogens (tertiary/aromatic N) is 2. The zero-order chi connectivity index (χ0) is 14.5. The highest BCUT2D eigenvalue weighted by Crippen LogP contribution is 2.28. The summed E-state index contributed by atoms with van der Waals surface area (Å²) in [6, 6.07) is 10.6. The summed E-state index contributed by atoms with van der Waals surface area (Å²) in [6.45, 7) is 4.15. The molecular weight excluding hydrogens is 250 g/mol. The first-order valence-electron chi connectivity index (χ1n) is 6.76. The quantitative estimate of drug-likeness (QED) is 0.633. The zero-order valence-corrected chi connectivity index (χ0v) is 11.8. The van der Waals surface area contributed by atoms with E-state index in [-0.39, 0.29) is 5.75 Å². The van der Waals surface area contributed by atoms with Gasteiger partial charge in [-0.25, -0.2) is 0 Å². The zero-order valence-electron chi connectivity index (χ0n) is 11.8. The second kappa shape index (κ2) is 6.19. The number of aromatic hydroxyl groups is 1. The summed E-state index contributed by atoms with van der Waals surface area (Å²) in [6.07, 6.45) is 1.75. The molecule has 0 unspecified atom stereocenters. The van der Waals surface area contributed by atoms with Gasteiger partial charge in [0.2, 0.25) is 0 Å². The summed E-state index contributed by atoms with van der Waals surface area (Å²) >= 11 is 0. The molecule has 0 saturated heterocycles. The van der Waals surface area contributed by atoms with Crippen molar-refractivity contribution in [3.63, 3.8) is 0 Å². The van der Waals surface area contributed by atoms with Gasteiger partial charge < -0.3 is 10.8 Å². The molecule has 0 heterocycles. The van der Waals surface area contributed by atoms with Gasteiger partial charge in [-0.3, -0.25) is 0 Å². The Balaban J connectivity index is 2.31. The van der Waals surface area contributed by atoms with Gasteiger partial charge >= 0.3 is 0 Å². The lowest BCUT2D eigenvalue weighted by Gasteiger charge is -2.09. The van der Waals surface area contributed by atoms with Crippen molar-refractivity contribution in [2.24, 2.45) is 10.2 Å². The van der Waals surface area contributed by atoms with Crippen molar-refractivity contribution in [1.82, 2.24) is 0 Å². The van der Waals surface area contributed by atoms with Crippen molar-refractivity contribution in [1.29, 1.82) is 0 Å². The van der Waals surface area contributed by atoms with E-state index in [1.54, 1.807) is 24.3 Å². The number of nitrogen functional groups attached to an aromatic ring is 1. The fourth-order valence-electron chi connectivity index (χ4n) is 2.04. The summed E-state index contributed by atoms with van der Waals surface area (Å²) in [7, 11) is 0. The van der Waals surface area contributed by atoms with Crippen molar-refractivity contribution in [2.45, 2.75) is 26.7 Å². The van der Waals surface area contributed by atoms with Gasteiger partial charge in [0.1, 0.15) is 5.75 Å². The lowest BCUT2D eigenvalue weighted by molar-refractivity contribution is 0.475. The lowest BCUT2D eigenvalue weighted by Crippen LogP contribution is -1.98. The first-order chi connectivity index (χ1) is 9.63. The first kappa shape index (κ1) is 14.1. The molecule has 2 rings (SSSR count). The van der Waals surface area contributed by atoms with Crippen LogP contribution in [0.3, 0.4) is 0 Å². The molecule has 0 aliphatic carbocycles. The second-order valence-corrected chi connectivity index (χ2v) is 4.60. The van der Waals surface area contributed by atoms with Crippen LogP contribution in [0, 0.1) is 0 Å². The molecule has 104 valence electrons. The standard InChI is InChI=1S/C16H19N3O/c1-3-11-9-14(10-12(4-2)16(11)17)19-18-13-5-7-15(20)8-6-13/h5-10,20H,3-4,17H2,1-2H3. The number of benzene rings is 2. The third-order valence-corrected chi connectivity index (χ3v) is 3.23. The molecule has 0 fully saturated rings. The van der Waals surface area contributed by atoms with E-state index >= 15 is 0 Å². The molecule has 0 aromatic heterocycles. The number of phenols is 1. The Labute approximate surface area is 119 Å². The van der Waals surface area contributed by atoms with Crippen LogP contribution in [0.2, 0.25) is 0 Å². The van der Waals surface area contributed by atoms with Crippen LogP contribution in [-0.2, 0) is 12.8 Å². The smallest absolute Gasteiger partial charge is 0.115 e. The van der Waals surface area contributed by atoms with Gasteiger partial charge in [-0.15, -0.1) is 0 Å². The van der Waals surface area contributed by atoms with Gasteiger partial charge in [-0.05, 0) is 60.4 Å². The van der Waals surface area contributed by atoms with Crippen LogP contribution in [0.15, 0.2) is 46.6 Å². The minimum Gasteiger partial charge on any atom is -0.508 e. The molecule has 0 spiro atoms. The predicted molar refractivity (Wildman–Crippen MR) is 81.9 cm³/mol. The average molecular weight is 269 g/mol. The molecule has 0 aliphatic heterocycles. The molecule has 0 radical (unpaired) electrons. The molecule has 0 bridgehead atoms. The first-order valence-corrected chi connectivity index (χ1v) is 6.76. The van der Waals surface area contributed by atoms with Gasteiger partial charge in [-0.2, -0.15) is 10.2 Å². The SMILES string of the molecule is CCc1cc(N=Nc2ccc(O)cc2)cc(CC)c1N. The van der Waals surface area contributed by atoms with Crippen LogP contribution < -0.4 is 5.73 Å². The normalized spacial score (nSPS) is 11.1. The van der Waals surface area contributed by atoms with Crippen molar-refractivity contribution >= 4 is 17.1 Å². The van der Waals surface area contributed by atoms with E-state index in [9.17, 15) is 5.11 Å². The van der Waals surface area contributed by atoms with Gasteiger partial charge in [0.25, 0.3) is 0 Å². The number of hydrogen-bond acceptors (Lipinski definition) is 4. The molecule has 2 aromatic rings. The number of aryl methyl sites for hydroxylation is 2. The monoisotopic (exact) mass is 269 g/mol. The Bertz CT molecular complexity index is 593. The van der Waals surface area contributed by atoms with Crippen LogP contribution in [0.5, 0.6) is 5.75 Å². The molecule has 0 aliphatic rings.